The van der Waals surface area contributed by atoms with E-state index in [-0.39, 0.29) is 0 Å². The van der Waals surface area contributed by atoms with E-state index in [2.05, 4.69) is 15.8 Å². The SMILES string of the molecule is CCc1ccccc1NC(=O)C(=O)N/N=C\c1c(OC)ccc2ccccc12. The Balaban J connectivity index is 1.73. The third kappa shape index (κ3) is 4.17. The van der Waals surface area contributed by atoms with E-state index < -0.39 is 11.8 Å². The van der Waals surface area contributed by atoms with Crippen molar-refractivity contribution >= 4 is 34.5 Å². The molecule has 3 aromatic rings. The number of nitrogens with zero attached hydrogens (tertiary/aromatic N) is 1. The van der Waals surface area contributed by atoms with Crippen LogP contribution in [0.15, 0.2) is 65.8 Å². The summed E-state index contributed by atoms with van der Waals surface area (Å²) in [6, 6.07) is 18.9. The second-order valence-electron chi connectivity index (χ2n) is 6.07. The molecule has 0 atom stereocenters. The number of amides is 2. The first-order valence-electron chi connectivity index (χ1n) is 8.92. The van der Waals surface area contributed by atoms with Gasteiger partial charge in [-0.3, -0.25) is 9.59 Å². The van der Waals surface area contributed by atoms with Gasteiger partial charge in [-0.2, -0.15) is 5.10 Å². The van der Waals surface area contributed by atoms with E-state index in [1.165, 1.54) is 6.21 Å². The number of methoxy groups -OCH3 is 1. The monoisotopic (exact) mass is 375 g/mol. The highest BCUT2D eigenvalue weighted by atomic mass is 16.5. The van der Waals surface area contributed by atoms with Crippen molar-refractivity contribution in [3.63, 3.8) is 0 Å². The van der Waals surface area contributed by atoms with Crippen molar-refractivity contribution in [3.8, 4) is 5.75 Å². The van der Waals surface area contributed by atoms with Crippen molar-refractivity contribution in [1.82, 2.24) is 5.43 Å². The molecule has 0 aliphatic rings. The minimum Gasteiger partial charge on any atom is -0.496 e. The first kappa shape index (κ1) is 19.1. The van der Waals surface area contributed by atoms with Crippen molar-refractivity contribution < 1.29 is 14.3 Å². The number of para-hydroxylation sites is 1. The number of hydrogen-bond acceptors (Lipinski definition) is 4. The number of nitrogens with one attached hydrogen (secondary N) is 2. The van der Waals surface area contributed by atoms with Gasteiger partial charge in [0.1, 0.15) is 5.75 Å². The van der Waals surface area contributed by atoms with E-state index in [1.807, 2.05) is 55.5 Å². The summed E-state index contributed by atoms with van der Waals surface area (Å²) < 4.78 is 5.38. The molecule has 0 unspecified atom stereocenters. The predicted molar refractivity (Wildman–Crippen MR) is 111 cm³/mol. The Morgan fingerprint density at radius 1 is 1.00 bits per heavy atom. The average molecular weight is 375 g/mol. The molecule has 2 N–H and O–H groups in total. The maximum absolute atomic E-state index is 12.1. The summed E-state index contributed by atoms with van der Waals surface area (Å²) in [5.74, 6) is -0.998. The number of carbonyl (C=O) groups is 2. The number of anilines is 1. The molecule has 0 saturated heterocycles. The van der Waals surface area contributed by atoms with Crippen LogP contribution in [0.4, 0.5) is 5.69 Å². The molecule has 28 heavy (non-hydrogen) atoms. The standard InChI is InChI=1S/C22H21N3O3/c1-3-15-8-5-7-11-19(15)24-21(26)22(27)25-23-14-18-17-10-6-4-9-16(17)12-13-20(18)28-2/h4-14H,3H2,1-2H3,(H,24,26)(H,25,27)/b23-14-. The lowest BCUT2D eigenvalue weighted by Crippen LogP contribution is -2.32. The van der Waals surface area contributed by atoms with E-state index >= 15 is 0 Å². The third-order valence-electron chi connectivity index (χ3n) is 4.36. The van der Waals surface area contributed by atoms with Gasteiger partial charge in [0, 0.05) is 11.3 Å². The molecule has 0 fully saturated rings. The summed E-state index contributed by atoms with van der Waals surface area (Å²) in [5.41, 5.74) is 4.55. The van der Waals surface area contributed by atoms with Gasteiger partial charge in [0.15, 0.2) is 0 Å². The molecule has 2 amide bonds. The van der Waals surface area contributed by atoms with Crippen LogP contribution in [0, 0.1) is 0 Å². The Morgan fingerprint density at radius 2 is 1.75 bits per heavy atom. The minimum atomic E-state index is -0.846. The van der Waals surface area contributed by atoms with E-state index in [0.717, 1.165) is 28.3 Å². The van der Waals surface area contributed by atoms with Crippen molar-refractivity contribution in [2.45, 2.75) is 13.3 Å². The van der Waals surface area contributed by atoms with E-state index in [4.69, 9.17) is 4.74 Å². The average Bonchev–Trinajstić information content (AvgIpc) is 2.74. The first-order chi connectivity index (χ1) is 13.6. The van der Waals surface area contributed by atoms with E-state index in [0.29, 0.717) is 11.4 Å². The highest BCUT2D eigenvalue weighted by Crippen LogP contribution is 2.26. The van der Waals surface area contributed by atoms with Gasteiger partial charge in [-0.05, 0) is 34.9 Å². The van der Waals surface area contributed by atoms with Crippen molar-refractivity contribution in [2.75, 3.05) is 12.4 Å². The molecule has 0 aliphatic carbocycles. The maximum atomic E-state index is 12.1. The minimum absolute atomic E-state index is 0.616. The van der Waals surface area contributed by atoms with Crippen LogP contribution in [0.5, 0.6) is 5.75 Å². The molecule has 6 nitrogen and oxygen atoms in total. The Labute approximate surface area is 163 Å². The lowest BCUT2D eigenvalue weighted by molar-refractivity contribution is -0.136. The van der Waals surface area contributed by atoms with Crippen LogP contribution < -0.4 is 15.5 Å². The highest BCUT2D eigenvalue weighted by Gasteiger charge is 2.14. The molecule has 3 rings (SSSR count). The molecule has 0 spiro atoms. The summed E-state index contributed by atoms with van der Waals surface area (Å²) in [4.78, 5) is 24.2. The quantitative estimate of drug-likeness (QED) is 0.407. The molecule has 0 aliphatic heterocycles. The Kier molecular flexibility index (Phi) is 6.01. The number of rotatable bonds is 5. The van der Waals surface area contributed by atoms with Gasteiger partial charge in [0.05, 0.1) is 13.3 Å². The Morgan fingerprint density at radius 3 is 2.54 bits per heavy atom. The fraction of sp³-hybridized carbons (Fsp3) is 0.136. The second kappa shape index (κ2) is 8.81. The lowest BCUT2D eigenvalue weighted by atomic mass is 10.0. The van der Waals surface area contributed by atoms with Gasteiger partial charge >= 0.3 is 11.8 Å². The van der Waals surface area contributed by atoms with Crippen LogP contribution in [-0.2, 0) is 16.0 Å². The van der Waals surface area contributed by atoms with E-state index in [9.17, 15) is 9.59 Å². The highest BCUT2D eigenvalue weighted by molar-refractivity contribution is 6.39. The fourth-order valence-electron chi connectivity index (χ4n) is 2.92. The molecule has 142 valence electrons. The number of hydrazone groups is 1. The first-order valence-corrected chi connectivity index (χ1v) is 8.92. The predicted octanol–water partition coefficient (Wildman–Crippen LogP) is 3.50. The zero-order valence-corrected chi connectivity index (χ0v) is 15.7. The van der Waals surface area contributed by atoms with Crippen LogP contribution in [0.25, 0.3) is 10.8 Å². The smallest absolute Gasteiger partial charge is 0.329 e. The van der Waals surface area contributed by atoms with Crippen molar-refractivity contribution in [1.29, 1.82) is 0 Å². The van der Waals surface area contributed by atoms with Gasteiger partial charge in [0.25, 0.3) is 0 Å². The number of hydrogen-bond donors (Lipinski definition) is 2. The zero-order valence-electron chi connectivity index (χ0n) is 15.7. The molecular formula is C22H21N3O3. The number of ether oxygens (including phenoxy) is 1. The number of aryl methyl sites for hydroxylation is 1. The summed E-state index contributed by atoms with van der Waals surface area (Å²) in [6.45, 7) is 1.98. The Hall–Kier alpha value is -3.67. The molecular weight excluding hydrogens is 354 g/mol. The lowest BCUT2D eigenvalue weighted by Gasteiger charge is -2.09. The van der Waals surface area contributed by atoms with Gasteiger partial charge in [-0.1, -0.05) is 55.5 Å². The molecule has 0 aromatic heterocycles. The normalized spacial score (nSPS) is 10.8. The molecule has 6 heteroatoms. The Bertz CT molecular complexity index is 1040. The molecule has 0 bridgehead atoms. The summed E-state index contributed by atoms with van der Waals surface area (Å²) in [7, 11) is 1.57. The maximum Gasteiger partial charge on any atom is 0.329 e. The van der Waals surface area contributed by atoms with E-state index in [1.54, 1.807) is 19.2 Å². The number of benzene rings is 3. The molecule has 0 heterocycles. The molecule has 0 radical (unpaired) electrons. The van der Waals surface area contributed by atoms with Crippen LogP contribution in [0.3, 0.4) is 0 Å². The van der Waals surface area contributed by atoms with Crippen molar-refractivity contribution in [2.24, 2.45) is 5.10 Å². The third-order valence-corrected chi connectivity index (χ3v) is 4.36. The molecule has 3 aromatic carbocycles. The van der Waals surface area contributed by atoms with Crippen LogP contribution in [-0.4, -0.2) is 25.1 Å². The van der Waals surface area contributed by atoms with Crippen LogP contribution in [0.2, 0.25) is 0 Å². The van der Waals surface area contributed by atoms with Crippen LogP contribution >= 0.6 is 0 Å². The fourth-order valence-corrected chi connectivity index (χ4v) is 2.92. The summed E-state index contributed by atoms with van der Waals surface area (Å²) in [6.07, 6.45) is 2.23. The van der Waals surface area contributed by atoms with Gasteiger partial charge in [-0.25, -0.2) is 5.43 Å². The summed E-state index contributed by atoms with van der Waals surface area (Å²) >= 11 is 0. The zero-order chi connectivity index (χ0) is 19.9. The van der Waals surface area contributed by atoms with Gasteiger partial charge < -0.3 is 10.1 Å². The number of carbonyl (C=O) groups excluding carboxylic acids is 2. The van der Waals surface area contributed by atoms with Gasteiger partial charge in [0.2, 0.25) is 0 Å². The van der Waals surface area contributed by atoms with Crippen molar-refractivity contribution in [3.05, 3.63) is 71.8 Å². The topological polar surface area (TPSA) is 79.8 Å². The summed E-state index contributed by atoms with van der Waals surface area (Å²) in [5, 5.41) is 8.50. The number of fused-ring (bicyclic) bond motifs is 1. The second-order valence-corrected chi connectivity index (χ2v) is 6.07. The van der Waals surface area contributed by atoms with Crippen LogP contribution in [0.1, 0.15) is 18.1 Å². The molecule has 0 saturated carbocycles. The largest absolute Gasteiger partial charge is 0.496 e. The van der Waals surface area contributed by atoms with Gasteiger partial charge in [-0.15, -0.1) is 0 Å².